The van der Waals surface area contributed by atoms with Gasteiger partial charge in [0.1, 0.15) is 11.6 Å². The molecule has 0 bridgehead atoms. The molecular formula is C16H16ClF2NS. The molecule has 1 unspecified atom stereocenters. The molecule has 0 aliphatic carbocycles. The minimum absolute atomic E-state index is 0.0438. The lowest BCUT2D eigenvalue weighted by atomic mass is 10.1. The van der Waals surface area contributed by atoms with Gasteiger partial charge in [0.05, 0.1) is 5.02 Å². The van der Waals surface area contributed by atoms with E-state index in [1.165, 1.54) is 18.2 Å². The molecule has 0 aliphatic heterocycles. The summed E-state index contributed by atoms with van der Waals surface area (Å²) in [5.41, 5.74) is 0.122. The zero-order valence-electron chi connectivity index (χ0n) is 11.6. The highest BCUT2D eigenvalue weighted by atomic mass is 35.5. The summed E-state index contributed by atoms with van der Waals surface area (Å²) < 4.78 is 27.4. The second-order valence-electron chi connectivity index (χ2n) is 4.63. The third kappa shape index (κ3) is 4.43. The molecular weight excluding hydrogens is 312 g/mol. The summed E-state index contributed by atoms with van der Waals surface area (Å²) >= 11 is 7.67. The van der Waals surface area contributed by atoms with Crippen LogP contribution >= 0.6 is 23.4 Å². The molecule has 0 spiro atoms. The number of likely N-dealkylation sites (N-methyl/N-ethyl adjacent to an activating group) is 1. The summed E-state index contributed by atoms with van der Waals surface area (Å²) in [6, 6.07) is 11.4. The summed E-state index contributed by atoms with van der Waals surface area (Å²) in [4.78, 5) is 0.966. The molecule has 1 nitrogen and oxygen atoms in total. The molecule has 2 aromatic rings. The van der Waals surface area contributed by atoms with Gasteiger partial charge in [-0.3, -0.25) is 0 Å². The smallest absolute Gasteiger partial charge is 0.129 e. The Morgan fingerprint density at radius 2 is 1.76 bits per heavy atom. The molecule has 0 aliphatic rings. The van der Waals surface area contributed by atoms with Crippen LogP contribution in [0.5, 0.6) is 0 Å². The number of hydrogen-bond donors (Lipinski definition) is 1. The van der Waals surface area contributed by atoms with Gasteiger partial charge in [0.15, 0.2) is 0 Å². The van der Waals surface area contributed by atoms with E-state index in [9.17, 15) is 8.78 Å². The molecule has 1 N–H and O–H groups in total. The minimum Gasteiger partial charge on any atom is -0.316 e. The lowest BCUT2D eigenvalue weighted by Gasteiger charge is -2.17. The number of nitrogens with one attached hydrogen (secondary N) is 1. The lowest BCUT2D eigenvalue weighted by molar-refractivity contribution is 0.524. The summed E-state index contributed by atoms with van der Waals surface area (Å²) in [6.07, 6.45) is 0.298. The molecule has 5 heteroatoms. The van der Waals surface area contributed by atoms with Crippen LogP contribution in [0.25, 0.3) is 0 Å². The molecule has 2 rings (SSSR count). The monoisotopic (exact) mass is 327 g/mol. The van der Waals surface area contributed by atoms with E-state index < -0.39 is 11.6 Å². The normalized spacial score (nSPS) is 12.4. The second-order valence-corrected chi connectivity index (χ2v) is 6.10. The molecule has 0 radical (unpaired) electrons. The van der Waals surface area contributed by atoms with Crippen molar-refractivity contribution >= 4 is 23.4 Å². The third-order valence-corrected chi connectivity index (χ3v) is 4.87. The number of hydrogen-bond acceptors (Lipinski definition) is 2. The van der Waals surface area contributed by atoms with Gasteiger partial charge in [0.2, 0.25) is 0 Å². The van der Waals surface area contributed by atoms with Gasteiger partial charge in [0.25, 0.3) is 0 Å². The highest BCUT2D eigenvalue weighted by Crippen LogP contribution is 2.27. The first-order valence-electron chi connectivity index (χ1n) is 6.59. The molecule has 1 atom stereocenters. The molecule has 0 amide bonds. The Bertz CT molecular complexity index is 586. The van der Waals surface area contributed by atoms with Crippen molar-refractivity contribution in [2.24, 2.45) is 0 Å². The number of thioether (sulfide) groups is 1. The first-order valence-corrected chi connectivity index (χ1v) is 7.95. The number of benzene rings is 2. The highest BCUT2D eigenvalue weighted by Gasteiger charge is 2.15. The Hall–Kier alpha value is -1.10. The van der Waals surface area contributed by atoms with Crippen molar-refractivity contribution in [3.8, 4) is 0 Å². The molecule has 112 valence electrons. The van der Waals surface area contributed by atoms with E-state index in [0.717, 1.165) is 4.90 Å². The quantitative estimate of drug-likeness (QED) is 0.782. The molecule has 0 saturated heterocycles. The maximum atomic E-state index is 13.7. The van der Waals surface area contributed by atoms with Gasteiger partial charge in [-0.1, -0.05) is 29.8 Å². The van der Waals surface area contributed by atoms with Crippen LogP contribution in [0.4, 0.5) is 8.78 Å². The molecule has 0 heterocycles. The van der Waals surface area contributed by atoms with Gasteiger partial charge in [-0.2, -0.15) is 0 Å². The van der Waals surface area contributed by atoms with Crippen LogP contribution < -0.4 is 5.32 Å². The van der Waals surface area contributed by atoms with E-state index in [2.05, 4.69) is 5.32 Å². The molecule has 0 aromatic heterocycles. The lowest BCUT2D eigenvalue weighted by Crippen LogP contribution is -2.30. The van der Waals surface area contributed by atoms with Gasteiger partial charge in [-0.05, 0) is 37.7 Å². The van der Waals surface area contributed by atoms with Crippen molar-refractivity contribution in [3.63, 3.8) is 0 Å². The molecule has 0 fully saturated rings. The van der Waals surface area contributed by atoms with Crippen LogP contribution in [0.3, 0.4) is 0 Å². The van der Waals surface area contributed by atoms with Gasteiger partial charge >= 0.3 is 0 Å². The molecule has 0 saturated carbocycles. The van der Waals surface area contributed by atoms with Gasteiger partial charge in [-0.15, -0.1) is 11.8 Å². The van der Waals surface area contributed by atoms with Crippen molar-refractivity contribution in [1.82, 2.24) is 5.32 Å². The predicted octanol–water partition coefficient (Wildman–Crippen LogP) is 4.54. The highest BCUT2D eigenvalue weighted by molar-refractivity contribution is 7.99. The minimum atomic E-state index is -0.502. The van der Waals surface area contributed by atoms with Crippen molar-refractivity contribution < 1.29 is 8.78 Å². The van der Waals surface area contributed by atoms with Crippen LogP contribution in [0.2, 0.25) is 5.02 Å². The summed E-state index contributed by atoms with van der Waals surface area (Å²) in [7, 11) is 1.79. The first kappa shape index (κ1) is 16.3. The fourth-order valence-corrected chi connectivity index (χ4v) is 3.32. The Kier molecular flexibility index (Phi) is 6.03. The maximum Gasteiger partial charge on any atom is 0.129 e. The van der Waals surface area contributed by atoms with Crippen LogP contribution in [-0.4, -0.2) is 18.8 Å². The van der Waals surface area contributed by atoms with Crippen LogP contribution in [0, 0.1) is 11.6 Å². The van der Waals surface area contributed by atoms with E-state index in [1.54, 1.807) is 18.8 Å². The average Bonchev–Trinajstić information content (AvgIpc) is 2.48. The van der Waals surface area contributed by atoms with E-state index in [1.807, 2.05) is 24.3 Å². The Morgan fingerprint density at radius 1 is 1.10 bits per heavy atom. The van der Waals surface area contributed by atoms with Gasteiger partial charge < -0.3 is 5.32 Å². The van der Waals surface area contributed by atoms with E-state index in [0.29, 0.717) is 17.2 Å². The fourth-order valence-electron chi connectivity index (χ4n) is 1.97. The number of rotatable bonds is 6. The first-order chi connectivity index (χ1) is 10.1. The Morgan fingerprint density at radius 3 is 2.38 bits per heavy atom. The third-order valence-electron chi connectivity index (χ3n) is 3.20. The van der Waals surface area contributed by atoms with Crippen LogP contribution in [0.1, 0.15) is 5.56 Å². The van der Waals surface area contributed by atoms with Crippen molar-refractivity contribution in [3.05, 3.63) is 64.7 Å². The summed E-state index contributed by atoms with van der Waals surface area (Å²) in [5, 5.41) is 3.79. The van der Waals surface area contributed by atoms with Crippen LogP contribution in [0.15, 0.2) is 47.4 Å². The van der Waals surface area contributed by atoms with E-state index in [-0.39, 0.29) is 11.6 Å². The van der Waals surface area contributed by atoms with E-state index >= 15 is 0 Å². The van der Waals surface area contributed by atoms with Gasteiger partial charge in [0, 0.05) is 22.3 Å². The van der Waals surface area contributed by atoms with E-state index in [4.69, 9.17) is 11.6 Å². The maximum absolute atomic E-state index is 13.7. The summed E-state index contributed by atoms with van der Waals surface area (Å²) in [6.45, 7) is 0. The van der Waals surface area contributed by atoms with Crippen molar-refractivity contribution in [2.45, 2.75) is 17.4 Å². The fraction of sp³-hybridized carbons (Fsp3) is 0.250. The van der Waals surface area contributed by atoms with Crippen molar-refractivity contribution in [2.75, 3.05) is 12.8 Å². The van der Waals surface area contributed by atoms with Crippen molar-refractivity contribution in [1.29, 1.82) is 0 Å². The van der Waals surface area contributed by atoms with Gasteiger partial charge in [-0.25, -0.2) is 8.78 Å². The molecule has 2 aromatic carbocycles. The SMILES string of the molecule is CNC(CSc1ccccc1Cl)Cc1c(F)cccc1F. The summed E-state index contributed by atoms with van der Waals surface area (Å²) in [5.74, 6) is -0.329. The standard InChI is InChI=1S/C16H16ClF2NS/c1-20-11(9-12-14(18)6-4-7-15(12)19)10-21-16-8-3-2-5-13(16)17/h2-8,11,20H,9-10H2,1H3. The zero-order chi connectivity index (χ0) is 15.2. The Labute approximate surface area is 132 Å². The Balaban J connectivity index is 2.02. The molecule has 21 heavy (non-hydrogen) atoms. The average molecular weight is 328 g/mol. The number of halogens is 3. The predicted molar refractivity (Wildman–Crippen MR) is 85.1 cm³/mol. The topological polar surface area (TPSA) is 12.0 Å². The zero-order valence-corrected chi connectivity index (χ0v) is 13.1. The van der Waals surface area contributed by atoms with Crippen LogP contribution in [-0.2, 0) is 6.42 Å². The largest absolute Gasteiger partial charge is 0.316 e. The second kappa shape index (κ2) is 7.78.